The molecule has 0 aliphatic carbocycles. The minimum atomic E-state index is -0.205. The lowest BCUT2D eigenvalue weighted by Gasteiger charge is -2.12. The number of rotatable bonds is 4. The Labute approximate surface area is 156 Å². The van der Waals surface area contributed by atoms with Crippen LogP contribution in [-0.2, 0) is 18.3 Å². The third-order valence-electron chi connectivity index (χ3n) is 4.55. The number of carbonyl (C=O) groups excluding carboxylic acids is 2. The van der Waals surface area contributed by atoms with Crippen molar-refractivity contribution in [3.8, 4) is 0 Å². The number of nitrogens with zero attached hydrogens (tertiary/aromatic N) is 2. The Kier molecular flexibility index (Phi) is 4.39. The SMILES string of the molecule is Cn1cc(/C=C2/SC(=O)N(CCc3ccccc3)C2=O)c2ccccc21. The molecule has 2 aromatic carbocycles. The van der Waals surface area contributed by atoms with Crippen molar-refractivity contribution in [1.29, 1.82) is 0 Å². The molecule has 1 aliphatic heterocycles. The first kappa shape index (κ1) is 16.7. The maximum absolute atomic E-state index is 12.7. The second-order valence-corrected chi connectivity index (χ2v) is 7.27. The summed E-state index contributed by atoms with van der Waals surface area (Å²) in [6, 6.07) is 17.9. The van der Waals surface area contributed by atoms with E-state index in [1.54, 1.807) is 0 Å². The van der Waals surface area contributed by atoms with Gasteiger partial charge in [-0.15, -0.1) is 0 Å². The quantitative estimate of drug-likeness (QED) is 0.644. The molecule has 2 amide bonds. The molecule has 0 saturated carbocycles. The van der Waals surface area contributed by atoms with E-state index >= 15 is 0 Å². The molecule has 4 nitrogen and oxygen atoms in total. The minimum absolute atomic E-state index is 0.197. The number of para-hydroxylation sites is 1. The maximum atomic E-state index is 12.7. The maximum Gasteiger partial charge on any atom is 0.293 e. The first-order valence-corrected chi connectivity index (χ1v) is 9.28. The Morgan fingerprint density at radius 1 is 1.00 bits per heavy atom. The number of thioether (sulfide) groups is 1. The highest BCUT2D eigenvalue weighted by molar-refractivity contribution is 8.18. The first-order chi connectivity index (χ1) is 12.6. The monoisotopic (exact) mass is 362 g/mol. The van der Waals surface area contributed by atoms with E-state index < -0.39 is 0 Å². The van der Waals surface area contributed by atoms with Crippen LogP contribution >= 0.6 is 11.8 Å². The lowest BCUT2D eigenvalue weighted by Crippen LogP contribution is -2.30. The summed E-state index contributed by atoms with van der Waals surface area (Å²) in [6.45, 7) is 0.404. The molecule has 1 saturated heterocycles. The van der Waals surface area contributed by atoms with Crippen LogP contribution in [0, 0.1) is 0 Å². The number of aromatic nitrogens is 1. The molecular weight excluding hydrogens is 344 g/mol. The van der Waals surface area contributed by atoms with Gasteiger partial charge >= 0.3 is 0 Å². The molecule has 0 N–H and O–H groups in total. The normalized spacial score (nSPS) is 16.2. The molecule has 1 fully saturated rings. The van der Waals surface area contributed by atoms with Crippen LogP contribution in [0.1, 0.15) is 11.1 Å². The largest absolute Gasteiger partial charge is 0.350 e. The van der Waals surface area contributed by atoms with Gasteiger partial charge in [0.25, 0.3) is 11.1 Å². The number of fused-ring (bicyclic) bond motifs is 1. The van der Waals surface area contributed by atoms with Gasteiger partial charge in [-0.2, -0.15) is 0 Å². The van der Waals surface area contributed by atoms with Gasteiger partial charge < -0.3 is 4.57 Å². The number of benzene rings is 2. The fraction of sp³-hybridized carbons (Fsp3) is 0.143. The third-order valence-corrected chi connectivity index (χ3v) is 5.46. The zero-order chi connectivity index (χ0) is 18.1. The molecule has 0 bridgehead atoms. The fourth-order valence-corrected chi connectivity index (χ4v) is 4.06. The van der Waals surface area contributed by atoms with Crippen LogP contribution in [0.4, 0.5) is 4.79 Å². The highest BCUT2D eigenvalue weighted by Crippen LogP contribution is 2.34. The summed E-state index contributed by atoms with van der Waals surface area (Å²) in [5, 5.41) is 0.878. The summed E-state index contributed by atoms with van der Waals surface area (Å²) in [4.78, 5) is 26.8. The van der Waals surface area contributed by atoms with Crippen LogP contribution in [0.25, 0.3) is 17.0 Å². The minimum Gasteiger partial charge on any atom is -0.350 e. The van der Waals surface area contributed by atoms with Crippen molar-refractivity contribution in [3.63, 3.8) is 0 Å². The average molecular weight is 362 g/mol. The van der Waals surface area contributed by atoms with Gasteiger partial charge in [-0.05, 0) is 35.9 Å². The van der Waals surface area contributed by atoms with Gasteiger partial charge in [0.05, 0.1) is 4.91 Å². The number of hydrogen-bond donors (Lipinski definition) is 0. The number of imide groups is 1. The average Bonchev–Trinajstić information content (AvgIpc) is 3.11. The van der Waals surface area contributed by atoms with Crippen molar-refractivity contribution in [2.75, 3.05) is 6.54 Å². The predicted octanol–water partition coefficient (Wildman–Crippen LogP) is 4.46. The van der Waals surface area contributed by atoms with Gasteiger partial charge in [0.1, 0.15) is 0 Å². The highest BCUT2D eigenvalue weighted by Gasteiger charge is 2.34. The molecule has 5 heteroatoms. The molecule has 1 aromatic heterocycles. The molecule has 4 rings (SSSR count). The Balaban J connectivity index is 1.57. The van der Waals surface area contributed by atoms with Crippen molar-refractivity contribution < 1.29 is 9.59 Å². The Hall–Kier alpha value is -2.79. The van der Waals surface area contributed by atoms with Gasteiger partial charge in [0, 0.05) is 36.3 Å². The van der Waals surface area contributed by atoms with Gasteiger partial charge in [-0.3, -0.25) is 14.5 Å². The van der Waals surface area contributed by atoms with Crippen molar-refractivity contribution in [1.82, 2.24) is 9.47 Å². The summed E-state index contributed by atoms with van der Waals surface area (Å²) >= 11 is 1.02. The summed E-state index contributed by atoms with van der Waals surface area (Å²) in [5.41, 5.74) is 3.17. The van der Waals surface area contributed by atoms with E-state index in [9.17, 15) is 9.59 Å². The fourth-order valence-electron chi connectivity index (χ4n) is 3.21. The number of aryl methyl sites for hydroxylation is 1. The smallest absolute Gasteiger partial charge is 0.293 e. The predicted molar refractivity (Wildman–Crippen MR) is 106 cm³/mol. The molecule has 0 spiro atoms. The van der Waals surface area contributed by atoms with Crippen LogP contribution in [-0.4, -0.2) is 27.2 Å². The van der Waals surface area contributed by atoms with E-state index in [1.807, 2.05) is 78.5 Å². The molecule has 3 aromatic rings. The molecule has 0 unspecified atom stereocenters. The van der Waals surface area contributed by atoms with Crippen molar-refractivity contribution in [2.24, 2.45) is 7.05 Å². The van der Waals surface area contributed by atoms with Crippen LogP contribution in [0.2, 0.25) is 0 Å². The Morgan fingerprint density at radius 3 is 2.54 bits per heavy atom. The molecule has 2 heterocycles. The number of hydrogen-bond acceptors (Lipinski definition) is 3. The molecule has 26 heavy (non-hydrogen) atoms. The second kappa shape index (κ2) is 6.84. The second-order valence-electron chi connectivity index (χ2n) is 6.28. The van der Waals surface area contributed by atoms with E-state index in [0.717, 1.165) is 33.8 Å². The van der Waals surface area contributed by atoms with Crippen molar-refractivity contribution >= 4 is 39.9 Å². The molecular formula is C21H18N2O2S. The summed E-state index contributed by atoms with van der Waals surface area (Å²) in [5.74, 6) is -0.205. The topological polar surface area (TPSA) is 42.3 Å². The van der Waals surface area contributed by atoms with E-state index in [0.29, 0.717) is 17.9 Å². The summed E-state index contributed by atoms with van der Waals surface area (Å²) in [7, 11) is 1.98. The van der Waals surface area contributed by atoms with Gasteiger partial charge in [-0.25, -0.2) is 0 Å². The van der Waals surface area contributed by atoms with E-state index in [-0.39, 0.29) is 11.1 Å². The van der Waals surface area contributed by atoms with Crippen molar-refractivity contribution in [2.45, 2.75) is 6.42 Å². The summed E-state index contributed by atoms with van der Waals surface area (Å²) < 4.78 is 2.03. The zero-order valence-corrected chi connectivity index (χ0v) is 15.2. The highest BCUT2D eigenvalue weighted by atomic mass is 32.2. The Bertz CT molecular complexity index is 1020. The molecule has 0 atom stereocenters. The zero-order valence-electron chi connectivity index (χ0n) is 14.4. The van der Waals surface area contributed by atoms with Gasteiger partial charge in [0.15, 0.2) is 0 Å². The van der Waals surface area contributed by atoms with E-state index in [4.69, 9.17) is 0 Å². The molecule has 0 radical (unpaired) electrons. The molecule has 130 valence electrons. The standard InChI is InChI=1S/C21H18N2O2S/c1-22-14-16(17-9-5-6-10-18(17)22)13-19-20(24)23(21(25)26-19)12-11-15-7-3-2-4-8-15/h2-10,13-14H,11-12H2,1H3/b19-13+. The molecule has 1 aliphatic rings. The van der Waals surface area contributed by atoms with Gasteiger partial charge in [-0.1, -0.05) is 48.5 Å². The lowest BCUT2D eigenvalue weighted by molar-refractivity contribution is -0.122. The van der Waals surface area contributed by atoms with Crippen LogP contribution < -0.4 is 0 Å². The van der Waals surface area contributed by atoms with Crippen LogP contribution in [0.3, 0.4) is 0 Å². The Morgan fingerprint density at radius 2 is 1.73 bits per heavy atom. The number of amides is 2. The van der Waals surface area contributed by atoms with Gasteiger partial charge in [0.2, 0.25) is 0 Å². The first-order valence-electron chi connectivity index (χ1n) is 8.47. The third kappa shape index (κ3) is 3.06. The van der Waals surface area contributed by atoms with E-state index in [2.05, 4.69) is 0 Å². The van der Waals surface area contributed by atoms with Crippen LogP contribution in [0.15, 0.2) is 65.7 Å². The van der Waals surface area contributed by atoms with Crippen molar-refractivity contribution in [3.05, 3.63) is 76.8 Å². The van der Waals surface area contributed by atoms with E-state index in [1.165, 1.54) is 4.90 Å². The lowest BCUT2D eigenvalue weighted by atomic mass is 10.1. The summed E-state index contributed by atoms with van der Waals surface area (Å²) in [6.07, 6.45) is 4.48. The number of carbonyl (C=O) groups is 2. The van der Waals surface area contributed by atoms with Crippen LogP contribution in [0.5, 0.6) is 0 Å².